The molecular weight excluding hydrogens is 631 g/mol. The number of fused-ring (bicyclic) bond motifs is 8. The molecule has 0 saturated heterocycles. The van der Waals surface area contributed by atoms with Crippen molar-refractivity contribution >= 4 is 28.4 Å². The first-order valence-electron chi connectivity index (χ1n) is 19.3. The minimum atomic E-state index is 0.244. The molecule has 0 amide bonds. The Morgan fingerprint density at radius 2 is 1.19 bits per heavy atom. The molecular formula is C49H43N3. The normalized spacial score (nSPS) is 28.6. The fraction of sp³-hybridized carbons (Fsp3) is 0.224. The average molecular weight is 674 g/mol. The van der Waals surface area contributed by atoms with Gasteiger partial charge in [-0.1, -0.05) is 122 Å². The third-order valence-electron chi connectivity index (χ3n) is 12.7. The highest BCUT2D eigenvalue weighted by Gasteiger charge is 2.42. The summed E-state index contributed by atoms with van der Waals surface area (Å²) < 4.78 is 0. The van der Waals surface area contributed by atoms with Crippen LogP contribution >= 0.6 is 0 Å². The topological polar surface area (TPSA) is 9.72 Å². The van der Waals surface area contributed by atoms with Gasteiger partial charge in [0.15, 0.2) is 0 Å². The van der Waals surface area contributed by atoms with Crippen LogP contribution in [0.3, 0.4) is 0 Å². The number of para-hydroxylation sites is 2. The van der Waals surface area contributed by atoms with Crippen LogP contribution in [-0.4, -0.2) is 18.1 Å². The van der Waals surface area contributed by atoms with Gasteiger partial charge in [0.05, 0.1) is 18.1 Å². The highest BCUT2D eigenvalue weighted by Crippen LogP contribution is 2.53. The zero-order valence-electron chi connectivity index (χ0n) is 29.6. The van der Waals surface area contributed by atoms with Crippen LogP contribution in [0.15, 0.2) is 175 Å². The van der Waals surface area contributed by atoms with Crippen molar-refractivity contribution in [2.24, 2.45) is 11.8 Å². The quantitative estimate of drug-likeness (QED) is 0.200. The Morgan fingerprint density at radius 1 is 0.538 bits per heavy atom. The summed E-state index contributed by atoms with van der Waals surface area (Å²) in [5.74, 6) is 1.88. The molecule has 7 unspecified atom stereocenters. The lowest BCUT2D eigenvalue weighted by atomic mass is 9.82. The Labute approximate surface area is 307 Å². The fourth-order valence-corrected chi connectivity index (χ4v) is 10.4. The first-order chi connectivity index (χ1) is 25.7. The molecule has 0 aromatic heterocycles. The largest absolute Gasteiger partial charge is 0.334 e. The van der Waals surface area contributed by atoms with E-state index < -0.39 is 0 Å². The van der Waals surface area contributed by atoms with E-state index in [1.807, 2.05) is 0 Å². The Hall–Kier alpha value is -5.54. The molecule has 3 heteroatoms. The van der Waals surface area contributed by atoms with E-state index in [1.165, 1.54) is 62.8 Å². The summed E-state index contributed by atoms with van der Waals surface area (Å²) in [6.07, 6.45) is 31.5. The van der Waals surface area contributed by atoms with E-state index in [4.69, 9.17) is 0 Å². The first-order valence-corrected chi connectivity index (χ1v) is 19.3. The van der Waals surface area contributed by atoms with Gasteiger partial charge in [-0.3, -0.25) is 0 Å². The molecule has 3 heterocycles. The molecule has 0 fully saturated rings. The maximum absolute atomic E-state index is 2.64. The molecule has 3 aliphatic heterocycles. The number of rotatable bonds is 4. The predicted octanol–water partition coefficient (Wildman–Crippen LogP) is 11.8. The van der Waals surface area contributed by atoms with Crippen molar-refractivity contribution in [1.82, 2.24) is 0 Å². The number of benzene rings is 4. The van der Waals surface area contributed by atoms with E-state index in [1.54, 1.807) is 5.57 Å². The molecule has 0 saturated carbocycles. The van der Waals surface area contributed by atoms with E-state index in [0.29, 0.717) is 35.8 Å². The fourth-order valence-electron chi connectivity index (χ4n) is 10.4. The molecule has 52 heavy (non-hydrogen) atoms. The highest BCUT2D eigenvalue weighted by atomic mass is 15.2. The summed E-state index contributed by atoms with van der Waals surface area (Å²) in [7, 11) is 0. The molecule has 4 aromatic rings. The van der Waals surface area contributed by atoms with Gasteiger partial charge in [-0.2, -0.15) is 0 Å². The maximum atomic E-state index is 2.64. The molecule has 254 valence electrons. The van der Waals surface area contributed by atoms with Crippen molar-refractivity contribution in [3.05, 3.63) is 186 Å². The van der Waals surface area contributed by atoms with Gasteiger partial charge < -0.3 is 14.7 Å². The van der Waals surface area contributed by atoms with Crippen LogP contribution in [0.25, 0.3) is 11.1 Å². The van der Waals surface area contributed by atoms with Gasteiger partial charge in [-0.05, 0) is 102 Å². The van der Waals surface area contributed by atoms with Gasteiger partial charge in [0, 0.05) is 51.9 Å². The lowest BCUT2D eigenvalue weighted by Gasteiger charge is -2.34. The first kappa shape index (κ1) is 30.1. The van der Waals surface area contributed by atoms with Crippen molar-refractivity contribution in [2.75, 3.05) is 14.7 Å². The van der Waals surface area contributed by atoms with E-state index >= 15 is 0 Å². The van der Waals surface area contributed by atoms with Crippen molar-refractivity contribution in [3.63, 3.8) is 0 Å². The Morgan fingerprint density at radius 3 is 1.98 bits per heavy atom. The summed E-state index contributed by atoms with van der Waals surface area (Å²) in [4.78, 5) is 7.80. The van der Waals surface area contributed by atoms with Crippen molar-refractivity contribution in [2.45, 2.75) is 56.1 Å². The second-order valence-electron chi connectivity index (χ2n) is 15.6. The highest BCUT2D eigenvalue weighted by molar-refractivity contribution is 5.85. The summed E-state index contributed by atoms with van der Waals surface area (Å²) in [5, 5.41) is 0. The summed E-state index contributed by atoms with van der Waals surface area (Å²) >= 11 is 0. The van der Waals surface area contributed by atoms with Crippen LogP contribution in [0.5, 0.6) is 0 Å². The molecule has 3 nitrogen and oxygen atoms in total. The molecule has 0 N–H and O–H groups in total. The zero-order chi connectivity index (χ0) is 34.3. The number of anilines is 5. The van der Waals surface area contributed by atoms with Gasteiger partial charge in [0.2, 0.25) is 0 Å². The average Bonchev–Trinajstić information content (AvgIpc) is 3.83. The Bertz CT molecular complexity index is 2310. The van der Waals surface area contributed by atoms with Crippen LogP contribution < -0.4 is 14.7 Å². The van der Waals surface area contributed by atoms with Crippen LogP contribution in [0, 0.1) is 11.8 Å². The lowest BCUT2D eigenvalue weighted by molar-refractivity contribution is 0.489. The third kappa shape index (κ3) is 4.51. The minimum absolute atomic E-state index is 0.244. The van der Waals surface area contributed by atoms with Crippen LogP contribution in [0.2, 0.25) is 0 Å². The van der Waals surface area contributed by atoms with E-state index in [0.717, 1.165) is 12.8 Å². The zero-order valence-corrected chi connectivity index (χ0v) is 29.6. The van der Waals surface area contributed by atoms with Gasteiger partial charge in [-0.25, -0.2) is 0 Å². The summed E-state index contributed by atoms with van der Waals surface area (Å²) in [6, 6.07) is 35.8. The molecule has 4 aliphatic carbocycles. The van der Waals surface area contributed by atoms with Gasteiger partial charge in [0.1, 0.15) is 0 Å². The van der Waals surface area contributed by atoms with Crippen LogP contribution in [-0.2, 0) is 0 Å². The van der Waals surface area contributed by atoms with Gasteiger partial charge in [-0.15, -0.1) is 0 Å². The number of nitrogens with zero attached hydrogens (tertiary/aromatic N) is 3. The van der Waals surface area contributed by atoms with Gasteiger partial charge in [0.25, 0.3) is 0 Å². The summed E-state index contributed by atoms with van der Waals surface area (Å²) in [6.45, 7) is 2.36. The van der Waals surface area contributed by atoms with Crippen molar-refractivity contribution < 1.29 is 0 Å². The maximum Gasteiger partial charge on any atom is 0.0629 e. The molecule has 0 radical (unpaired) electrons. The van der Waals surface area contributed by atoms with Crippen molar-refractivity contribution in [1.29, 1.82) is 0 Å². The molecule has 11 rings (SSSR count). The van der Waals surface area contributed by atoms with Crippen LogP contribution in [0.1, 0.15) is 49.1 Å². The van der Waals surface area contributed by atoms with E-state index in [2.05, 4.69) is 186 Å². The third-order valence-corrected chi connectivity index (χ3v) is 12.7. The Kier molecular flexibility index (Phi) is 6.80. The van der Waals surface area contributed by atoms with E-state index in [-0.39, 0.29) is 6.04 Å². The molecule has 7 atom stereocenters. The molecule has 0 bridgehead atoms. The van der Waals surface area contributed by atoms with Crippen molar-refractivity contribution in [3.8, 4) is 11.1 Å². The van der Waals surface area contributed by atoms with E-state index in [9.17, 15) is 0 Å². The monoisotopic (exact) mass is 673 g/mol. The Balaban J connectivity index is 1.05. The standard InChI is InChI=1S/C49H43N3/c1-32-22-27-49-43(28-32)42-16-6-11-21-48(42)52(49)37-30-34(29-36(31-37)51-46-19-9-4-14-40(46)41-15-5-10-20-47(41)51)33-23-25-35(26-24-33)50-44-17-7-2-12-38(44)39-13-3-8-18-45(39)50/h2,4-12,14-27,29-32,38,40,43-44,46,49H,3,13,28H2,1H3. The minimum Gasteiger partial charge on any atom is -0.334 e. The molecule has 4 aromatic carbocycles. The number of allylic oxidation sites excluding steroid dienone is 7. The number of hydrogen-bond acceptors (Lipinski definition) is 3. The second kappa shape index (κ2) is 11.7. The SMILES string of the molecule is CC1C=CC2C(C1)c1ccccc1N2c1cc(-c2ccc(N3C4=C(CCC=C4)C4C=CC=CC43)cc2)cc(N2c3ccccc3C3C=CC=CC32)c1. The summed E-state index contributed by atoms with van der Waals surface area (Å²) in [5.41, 5.74) is 14.8. The smallest absolute Gasteiger partial charge is 0.0629 e. The van der Waals surface area contributed by atoms with Crippen LogP contribution in [0.4, 0.5) is 28.4 Å². The predicted molar refractivity (Wildman–Crippen MR) is 217 cm³/mol. The van der Waals surface area contributed by atoms with Gasteiger partial charge >= 0.3 is 0 Å². The number of hydrogen-bond donors (Lipinski definition) is 0. The second-order valence-corrected chi connectivity index (χ2v) is 15.6. The molecule has 0 spiro atoms. The molecule has 7 aliphatic rings. The lowest BCUT2D eigenvalue weighted by Crippen LogP contribution is -2.32.